The average molecular weight is 181 g/mol. The number of aromatic nitrogens is 2. The van der Waals surface area contributed by atoms with Gasteiger partial charge in [0.2, 0.25) is 5.89 Å². The molecule has 1 saturated carbocycles. The van der Waals surface area contributed by atoms with Gasteiger partial charge in [-0.25, -0.2) is 0 Å². The minimum atomic E-state index is 0.636. The standard InChI is InChI=1S/C9H15N3O/c1-6-3-8(6)4-10-5-9-11-7(2)13-12-9/h6,8,10H,3-5H2,1-2H3. The van der Waals surface area contributed by atoms with Gasteiger partial charge in [-0.05, 0) is 24.8 Å². The number of nitrogens with one attached hydrogen (secondary N) is 1. The zero-order valence-electron chi connectivity index (χ0n) is 8.08. The van der Waals surface area contributed by atoms with Crippen LogP contribution in [-0.2, 0) is 6.54 Å². The Balaban J connectivity index is 1.68. The van der Waals surface area contributed by atoms with Crippen molar-refractivity contribution < 1.29 is 4.52 Å². The number of hydrogen-bond donors (Lipinski definition) is 1. The largest absolute Gasteiger partial charge is 0.340 e. The van der Waals surface area contributed by atoms with Crippen LogP contribution < -0.4 is 5.32 Å². The quantitative estimate of drug-likeness (QED) is 0.756. The van der Waals surface area contributed by atoms with Crippen LogP contribution in [0.3, 0.4) is 0 Å². The normalized spacial score (nSPS) is 26.3. The lowest BCUT2D eigenvalue weighted by molar-refractivity contribution is 0.385. The number of hydrogen-bond acceptors (Lipinski definition) is 4. The fourth-order valence-electron chi connectivity index (χ4n) is 1.47. The molecule has 13 heavy (non-hydrogen) atoms. The Morgan fingerprint density at radius 2 is 2.38 bits per heavy atom. The molecule has 4 heteroatoms. The SMILES string of the molecule is Cc1nc(CNCC2CC2C)no1. The van der Waals surface area contributed by atoms with Gasteiger partial charge in [0.05, 0.1) is 6.54 Å². The third kappa shape index (κ3) is 2.28. The second kappa shape index (κ2) is 3.46. The molecule has 1 aromatic rings. The molecule has 1 aliphatic rings. The maximum atomic E-state index is 4.86. The number of rotatable bonds is 4. The minimum absolute atomic E-state index is 0.636. The maximum absolute atomic E-state index is 4.86. The molecule has 1 N–H and O–H groups in total. The van der Waals surface area contributed by atoms with Crippen molar-refractivity contribution in [1.82, 2.24) is 15.5 Å². The molecule has 2 atom stereocenters. The summed E-state index contributed by atoms with van der Waals surface area (Å²) in [6.45, 7) is 5.89. The van der Waals surface area contributed by atoms with E-state index in [0.717, 1.165) is 30.7 Å². The van der Waals surface area contributed by atoms with Crippen molar-refractivity contribution >= 4 is 0 Å². The van der Waals surface area contributed by atoms with Crippen LogP contribution in [0.1, 0.15) is 25.1 Å². The van der Waals surface area contributed by atoms with Crippen LogP contribution in [0.15, 0.2) is 4.52 Å². The lowest BCUT2D eigenvalue weighted by atomic mass is 10.3. The van der Waals surface area contributed by atoms with E-state index in [-0.39, 0.29) is 0 Å². The molecular formula is C9H15N3O. The fraction of sp³-hybridized carbons (Fsp3) is 0.778. The molecule has 1 aliphatic carbocycles. The van der Waals surface area contributed by atoms with Gasteiger partial charge in [-0.15, -0.1) is 0 Å². The zero-order chi connectivity index (χ0) is 9.26. The highest BCUT2D eigenvalue weighted by Crippen LogP contribution is 2.36. The Hall–Kier alpha value is -0.900. The highest BCUT2D eigenvalue weighted by Gasteiger charge is 2.31. The van der Waals surface area contributed by atoms with Crippen molar-refractivity contribution in [3.05, 3.63) is 11.7 Å². The number of nitrogens with zero attached hydrogens (tertiary/aromatic N) is 2. The molecule has 0 amide bonds. The third-order valence-electron chi connectivity index (χ3n) is 2.54. The molecule has 0 bridgehead atoms. The van der Waals surface area contributed by atoms with Crippen LogP contribution in [0.5, 0.6) is 0 Å². The Morgan fingerprint density at radius 1 is 1.62 bits per heavy atom. The van der Waals surface area contributed by atoms with Crippen LogP contribution in [-0.4, -0.2) is 16.7 Å². The summed E-state index contributed by atoms with van der Waals surface area (Å²) >= 11 is 0. The lowest BCUT2D eigenvalue weighted by Crippen LogP contribution is -2.17. The van der Waals surface area contributed by atoms with Crippen molar-refractivity contribution in [3.8, 4) is 0 Å². The van der Waals surface area contributed by atoms with E-state index < -0.39 is 0 Å². The summed E-state index contributed by atoms with van der Waals surface area (Å²) in [5.74, 6) is 3.16. The summed E-state index contributed by atoms with van der Waals surface area (Å²) in [6, 6.07) is 0. The van der Waals surface area contributed by atoms with Gasteiger partial charge in [0.1, 0.15) is 0 Å². The molecule has 1 fully saturated rings. The van der Waals surface area contributed by atoms with Crippen molar-refractivity contribution in [3.63, 3.8) is 0 Å². The van der Waals surface area contributed by atoms with Crippen LogP contribution in [0.4, 0.5) is 0 Å². The van der Waals surface area contributed by atoms with Crippen LogP contribution in [0, 0.1) is 18.8 Å². The van der Waals surface area contributed by atoms with Gasteiger partial charge in [-0.1, -0.05) is 12.1 Å². The second-order valence-electron chi connectivity index (χ2n) is 3.83. The van der Waals surface area contributed by atoms with Crippen LogP contribution in [0.25, 0.3) is 0 Å². The van der Waals surface area contributed by atoms with Crippen LogP contribution >= 0.6 is 0 Å². The predicted molar refractivity (Wildman–Crippen MR) is 48.0 cm³/mol. The van der Waals surface area contributed by atoms with Crippen molar-refractivity contribution in [2.45, 2.75) is 26.8 Å². The predicted octanol–water partition coefficient (Wildman–Crippen LogP) is 1.12. The molecule has 0 saturated heterocycles. The summed E-state index contributed by atoms with van der Waals surface area (Å²) in [5, 5.41) is 7.13. The highest BCUT2D eigenvalue weighted by molar-refractivity contribution is 4.87. The molecule has 0 spiro atoms. The fourth-order valence-corrected chi connectivity index (χ4v) is 1.47. The molecule has 0 aromatic carbocycles. The summed E-state index contributed by atoms with van der Waals surface area (Å²) < 4.78 is 4.86. The minimum Gasteiger partial charge on any atom is -0.340 e. The van der Waals surface area contributed by atoms with E-state index in [1.807, 2.05) is 0 Å². The summed E-state index contributed by atoms with van der Waals surface area (Å²) in [6.07, 6.45) is 1.36. The molecule has 0 aliphatic heterocycles. The lowest BCUT2D eigenvalue weighted by Gasteiger charge is -1.98. The van der Waals surface area contributed by atoms with E-state index in [4.69, 9.17) is 4.52 Å². The molecule has 0 radical (unpaired) electrons. The van der Waals surface area contributed by atoms with Crippen molar-refractivity contribution in [2.24, 2.45) is 11.8 Å². The second-order valence-corrected chi connectivity index (χ2v) is 3.83. The first-order valence-electron chi connectivity index (χ1n) is 4.75. The first kappa shape index (κ1) is 8.69. The Morgan fingerprint density at radius 3 is 2.92 bits per heavy atom. The maximum Gasteiger partial charge on any atom is 0.223 e. The molecule has 4 nitrogen and oxygen atoms in total. The summed E-state index contributed by atoms with van der Waals surface area (Å²) in [4.78, 5) is 4.11. The van der Waals surface area contributed by atoms with Gasteiger partial charge < -0.3 is 9.84 Å². The van der Waals surface area contributed by atoms with E-state index >= 15 is 0 Å². The summed E-state index contributed by atoms with van der Waals surface area (Å²) in [7, 11) is 0. The van der Waals surface area contributed by atoms with Gasteiger partial charge in [0.15, 0.2) is 5.82 Å². The molecule has 1 heterocycles. The monoisotopic (exact) mass is 181 g/mol. The summed E-state index contributed by atoms with van der Waals surface area (Å²) in [5.41, 5.74) is 0. The molecule has 2 rings (SSSR count). The average Bonchev–Trinajstić information content (AvgIpc) is 2.60. The first-order valence-corrected chi connectivity index (χ1v) is 4.75. The zero-order valence-corrected chi connectivity index (χ0v) is 8.08. The number of aryl methyl sites for hydroxylation is 1. The Kier molecular flexibility index (Phi) is 2.31. The highest BCUT2D eigenvalue weighted by atomic mass is 16.5. The van der Waals surface area contributed by atoms with E-state index in [9.17, 15) is 0 Å². The van der Waals surface area contributed by atoms with E-state index in [2.05, 4.69) is 22.4 Å². The topological polar surface area (TPSA) is 51.0 Å². The van der Waals surface area contributed by atoms with E-state index in [1.165, 1.54) is 6.42 Å². The molecule has 72 valence electrons. The third-order valence-corrected chi connectivity index (χ3v) is 2.54. The Labute approximate surface area is 77.7 Å². The Bertz CT molecular complexity index is 284. The van der Waals surface area contributed by atoms with Gasteiger partial charge in [0.25, 0.3) is 0 Å². The van der Waals surface area contributed by atoms with Gasteiger partial charge >= 0.3 is 0 Å². The van der Waals surface area contributed by atoms with E-state index in [1.54, 1.807) is 6.92 Å². The van der Waals surface area contributed by atoms with Gasteiger partial charge in [0, 0.05) is 6.92 Å². The van der Waals surface area contributed by atoms with Crippen LogP contribution in [0.2, 0.25) is 0 Å². The van der Waals surface area contributed by atoms with Crippen molar-refractivity contribution in [2.75, 3.05) is 6.54 Å². The van der Waals surface area contributed by atoms with Gasteiger partial charge in [-0.3, -0.25) is 0 Å². The van der Waals surface area contributed by atoms with Gasteiger partial charge in [-0.2, -0.15) is 4.98 Å². The first-order chi connectivity index (χ1) is 6.25. The smallest absolute Gasteiger partial charge is 0.223 e. The molecular weight excluding hydrogens is 166 g/mol. The van der Waals surface area contributed by atoms with E-state index in [0.29, 0.717) is 5.89 Å². The van der Waals surface area contributed by atoms with Crippen molar-refractivity contribution in [1.29, 1.82) is 0 Å². The molecule has 1 aromatic heterocycles. The molecule has 2 unspecified atom stereocenters.